The molecule has 0 spiro atoms. The van der Waals surface area contributed by atoms with Gasteiger partial charge in [0.25, 0.3) is 0 Å². The lowest BCUT2D eigenvalue weighted by Gasteiger charge is -2.10. The van der Waals surface area contributed by atoms with Crippen molar-refractivity contribution in [1.82, 2.24) is 29.3 Å². The van der Waals surface area contributed by atoms with Crippen LogP contribution in [-0.4, -0.2) is 44.3 Å². The Bertz CT molecular complexity index is 1390. The van der Waals surface area contributed by atoms with E-state index in [0.29, 0.717) is 39.9 Å². The van der Waals surface area contributed by atoms with Gasteiger partial charge < -0.3 is 10.3 Å². The Morgan fingerprint density at radius 1 is 1.29 bits per heavy atom. The molecule has 9 nitrogen and oxygen atoms in total. The molecular weight excluding hydrogens is 421 g/mol. The zero-order valence-corrected chi connectivity index (χ0v) is 17.9. The van der Waals surface area contributed by atoms with Crippen molar-refractivity contribution in [2.75, 3.05) is 5.32 Å². The van der Waals surface area contributed by atoms with Gasteiger partial charge in [0.05, 0.1) is 17.3 Å². The van der Waals surface area contributed by atoms with E-state index in [1.54, 1.807) is 36.8 Å². The Morgan fingerprint density at radius 2 is 2.10 bits per heavy atom. The molecule has 31 heavy (non-hydrogen) atoms. The van der Waals surface area contributed by atoms with Crippen LogP contribution in [-0.2, 0) is 16.6 Å². The van der Waals surface area contributed by atoms with Crippen LogP contribution in [0.5, 0.6) is 0 Å². The Balaban J connectivity index is 1.52. The minimum Gasteiger partial charge on any atom is -0.365 e. The molecule has 0 bridgehead atoms. The Hall–Kier alpha value is -3.05. The number of rotatable bonds is 7. The van der Waals surface area contributed by atoms with E-state index in [-0.39, 0.29) is 12.1 Å². The van der Waals surface area contributed by atoms with Gasteiger partial charge in [-0.1, -0.05) is 0 Å². The lowest BCUT2D eigenvalue weighted by Crippen LogP contribution is -2.30. The SMILES string of the molecule is CC(C)S(=O)(=O)NCc1cc(-c2cc3nc(NC4CC4)c4nc[nH]c4n3n2)ccc1F. The number of halogens is 1. The lowest BCUT2D eigenvalue weighted by molar-refractivity contribution is 0.566. The minimum absolute atomic E-state index is 0.133. The zero-order valence-electron chi connectivity index (χ0n) is 17.1. The van der Waals surface area contributed by atoms with Gasteiger partial charge in [0.15, 0.2) is 17.1 Å². The maximum absolute atomic E-state index is 14.3. The molecule has 4 aromatic rings. The van der Waals surface area contributed by atoms with Crippen LogP contribution in [0, 0.1) is 5.82 Å². The first-order chi connectivity index (χ1) is 14.8. The second-order valence-electron chi connectivity index (χ2n) is 8.00. The first kappa shape index (κ1) is 19.9. The fourth-order valence-electron chi connectivity index (χ4n) is 3.28. The number of anilines is 1. The highest BCUT2D eigenvalue weighted by Crippen LogP contribution is 2.29. The van der Waals surface area contributed by atoms with Crippen molar-refractivity contribution in [3.8, 4) is 11.3 Å². The number of hydrogen-bond donors (Lipinski definition) is 3. The molecule has 3 aromatic heterocycles. The largest absolute Gasteiger partial charge is 0.365 e. The van der Waals surface area contributed by atoms with Crippen LogP contribution in [0.1, 0.15) is 32.3 Å². The molecule has 1 aliphatic rings. The molecule has 5 rings (SSSR count). The van der Waals surface area contributed by atoms with Crippen molar-refractivity contribution >= 4 is 32.7 Å². The molecular formula is C20H22FN7O2S. The van der Waals surface area contributed by atoms with Crippen LogP contribution in [0.15, 0.2) is 30.6 Å². The maximum Gasteiger partial charge on any atom is 0.214 e. The predicted octanol–water partition coefficient (Wildman–Crippen LogP) is 2.81. The van der Waals surface area contributed by atoms with Gasteiger partial charge in [0.1, 0.15) is 11.3 Å². The van der Waals surface area contributed by atoms with Crippen LogP contribution in [0.3, 0.4) is 0 Å². The third-order valence-electron chi connectivity index (χ3n) is 5.32. The van der Waals surface area contributed by atoms with Gasteiger partial charge in [-0.2, -0.15) is 9.61 Å². The second-order valence-corrected chi connectivity index (χ2v) is 10.3. The van der Waals surface area contributed by atoms with Gasteiger partial charge in [-0.25, -0.2) is 27.5 Å². The molecule has 1 fully saturated rings. The molecule has 0 atom stereocenters. The summed E-state index contributed by atoms with van der Waals surface area (Å²) in [6, 6.07) is 6.77. The molecule has 162 valence electrons. The highest BCUT2D eigenvalue weighted by molar-refractivity contribution is 7.90. The Labute approximate surface area is 178 Å². The monoisotopic (exact) mass is 443 g/mol. The van der Waals surface area contributed by atoms with Crippen molar-refractivity contribution < 1.29 is 12.8 Å². The summed E-state index contributed by atoms with van der Waals surface area (Å²) in [5.41, 5.74) is 3.55. The quantitative estimate of drug-likeness (QED) is 0.404. The van der Waals surface area contributed by atoms with E-state index in [9.17, 15) is 12.8 Å². The summed E-state index contributed by atoms with van der Waals surface area (Å²) in [5, 5.41) is 7.42. The van der Waals surface area contributed by atoms with Gasteiger partial charge in [-0.3, -0.25) is 0 Å². The predicted molar refractivity (Wildman–Crippen MR) is 116 cm³/mol. The summed E-state index contributed by atoms with van der Waals surface area (Å²) < 4.78 is 42.5. The lowest BCUT2D eigenvalue weighted by atomic mass is 10.1. The van der Waals surface area contributed by atoms with Crippen molar-refractivity contribution in [2.24, 2.45) is 0 Å². The first-order valence-corrected chi connectivity index (χ1v) is 11.6. The van der Waals surface area contributed by atoms with E-state index in [0.717, 1.165) is 12.8 Å². The highest BCUT2D eigenvalue weighted by atomic mass is 32.2. The topological polar surface area (TPSA) is 117 Å². The number of H-pyrrole nitrogens is 1. The van der Waals surface area contributed by atoms with Gasteiger partial charge in [0, 0.05) is 29.8 Å². The first-order valence-electron chi connectivity index (χ1n) is 10.1. The molecule has 3 N–H and O–H groups in total. The Kier molecular flexibility index (Phi) is 4.67. The fraction of sp³-hybridized carbons (Fsp3) is 0.350. The number of fused-ring (bicyclic) bond motifs is 3. The molecule has 3 heterocycles. The average molecular weight is 444 g/mol. The van der Waals surface area contributed by atoms with Crippen LogP contribution in [0.25, 0.3) is 28.1 Å². The summed E-state index contributed by atoms with van der Waals surface area (Å²) >= 11 is 0. The molecule has 0 aliphatic heterocycles. The summed E-state index contributed by atoms with van der Waals surface area (Å²) in [6.45, 7) is 3.01. The number of sulfonamides is 1. The zero-order chi connectivity index (χ0) is 21.8. The van der Waals surface area contributed by atoms with Gasteiger partial charge in [-0.15, -0.1) is 0 Å². The van der Waals surface area contributed by atoms with E-state index in [4.69, 9.17) is 0 Å². The smallest absolute Gasteiger partial charge is 0.214 e. The number of aromatic nitrogens is 5. The number of nitrogens with zero attached hydrogens (tertiary/aromatic N) is 4. The molecule has 1 aromatic carbocycles. The van der Waals surface area contributed by atoms with Crippen molar-refractivity contribution in [2.45, 2.75) is 44.5 Å². The number of hydrogen-bond acceptors (Lipinski definition) is 6. The van der Waals surface area contributed by atoms with Crippen molar-refractivity contribution in [1.29, 1.82) is 0 Å². The number of imidazole rings is 1. The van der Waals surface area contributed by atoms with Gasteiger partial charge in [0.2, 0.25) is 10.0 Å². The van der Waals surface area contributed by atoms with Crippen molar-refractivity contribution in [3.05, 3.63) is 42.0 Å². The summed E-state index contributed by atoms with van der Waals surface area (Å²) in [6.07, 6.45) is 3.83. The van der Waals surface area contributed by atoms with Crippen molar-refractivity contribution in [3.63, 3.8) is 0 Å². The third kappa shape index (κ3) is 3.74. The summed E-state index contributed by atoms with van der Waals surface area (Å²) in [5.74, 6) is 0.226. The molecule has 0 radical (unpaired) electrons. The van der Waals surface area contributed by atoms with E-state index >= 15 is 0 Å². The number of aromatic amines is 1. The molecule has 0 saturated heterocycles. The number of benzene rings is 1. The molecule has 0 amide bonds. The van der Waals surface area contributed by atoms with Crippen LogP contribution < -0.4 is 10.0 Å². The minimum atomic E-state index is -3.50. The van der Waals surface area contributed by atoms with Gasteiger partial charge in [-0.05, 0) is 44.9 Å². The Morgan fingerprint density at radius 3 is 2.84 bits per heavy atom. The number of nitrogens with one attached hydrogen (secondary N) is 3. The fourth-order valence-corrected chi connectivity index (χ4v) is 3.97. The van der Waals surface area contributed by atoms with Crippen LogP contribution in [0.4, 0.5) is 10.2 Å². The van der Waals surface area contributed by atoms with E-state index in [1.165, 1.54) is 6.07 Å². The average Bonchev–Trinajstić information content (AvgIpc) is 3.23. The third-order valence-corrected chi connectivity index (χ3v) is 7.10. The highest BCUT2D eigenvalue weighted by Gasteiger charge is 2.24. The van der Waals surface area contributed by atoms with Crippen LogP contribution >= 0.6 is 0 Å². The maximum atomic E-state index is 14.3. The molecule has 1 saturated carbocycles. The van der Waals surface area contributed by atoms with E-state index in [2.05, 4.69) is 30.1 Å². The standard InChI is InChI=1S/C20H22FN7O2S/c1-11(2)31(29,30)24-9-13-7-12(3-6-15(13)21)16-8-17-26-19(25-14-4-5-14)18-20(23-10-22-18)28(17)27-16/h3,6-8,10-11,14,24H,4-5,9H2,1-2H3,(H,22,23)(H,25,26). The van der Waals surface area contributed by atoms with E-state index in [1.807, 2.05) is 6.07 Å². The van der Waals surface area contributed by atoms with Crippen LogP contribution in [0.2, 0.25) is 0 Å². The normalized spacial score (nSPS) is 14.7. The van der Waals surface area contributed by atoms with Gasteiger partial charge >= 0.3 is 0 Å². The molecule has 1 aliphatic carbocycles. The molecule has 0 unspecified atom stereocenters. The summed E-state index contributed by atoms with van der Waals surface area (Å²) in [7, 11) is -3.50. The molecule has 11 heteroatoms. The second kappa shape index (κ2) is 7.27. The van der Waals surface area contributed by atoms with E-state index < -0.39 is 21.1 Å². The summed E-state index contributed by atoms with van der Waals surface area (Å²) in [4.78, 5) is 12.1.